The Balaban J connectivity index is 2.68. The lowest BCUT2D eigenvalue weighted by Crippen LogP contribution is -2.14. The summed E-state index contributed by atoms with van der Waals surface area (Å²) in [6, 6.07) is 4.61. The minimum Gasteiger partial charge on any atom is -0.497 e. The highest BCUT2D eigenvalue weighted by Crippen LogP contribution is 2.32. The van der Waals surface area contributed by atoms with E-state index in [0.717, 1.165) is 0 Å². The maximum atomic E-state index is 12.1. The van der Waals surface area contributed by atoms with Gasteiger partial charge in [0.05, 0.1) is 14.2 Å². The van der Waals surface area contributed by atoms with Crippen molar-refractivity contribution in [2.24, 2.45) is 5.73 Å². The van der Waals surface area contributed by atoms with Crippen LogP contribution >= 0.6 is 0 Å². The van der Waals surface area contributed by atoms with E-state index in [-0.39, 0.29) is 12.8 Å². The maximum Gasteiger partial charge on any atom is 0.389 e. The van der Waals surface area contributed by atoms with E-state index in [1.165, 1.54) is 14.2 Å². The van der Waals surface area contributed by atoms with Crippen molar-refractivity contribution in [3.63, 3.8) is 0 Å². The van der Waals surface area contributed by atoms with Crippen LogP contribution in [0.15, 0.2) is 18.2 Å². The van der Waals surface area contributed by atoms with Gasteiger partial charge in [-0.25, -0.2) is 0 Å². The standard InChI is InChI=1S/C13H18F3NO2/c1-18-9-5-6-10(12(8-9)19-2)11(17)4-3-7-13(14,15)16/h5-6,8,11H,3-4,7,17H2,1-2H3. The van der Waals surface area contributed by atoms with Crippen LogP contribution in [0.3, 0.4) is 0 Å². The Bertz CT molecular complexity index is 407. The number of halogens is 3. The molecule has 0 aliphatic carbocycles. The molecule has 0 amide bonds. The molecular weight excluding hydrogens is 259 g/mol. The van der Waals surface area contributed by atoms with Crippen LogP contribution in [0.2, 0.25) is 0 Å². The molecule has 0 heterocycles. The molecular formula is C13H18F3NO2. The van der Waals surface area contributed by atoms with E-state index < -0.39 is 18.6 Å². The van der Waals surface area contributed by atoms with E-state index in [4.69, 9.17) is 15.2 Å². The van der Waals surface area contributed by atoms with Gasteiger partial charge in [-0.05, 0) is 18.9 Å². The molecule has 2 N–H and O–H groups in total. The van der Waals surface area contributed by atoms with Crippen molar-refractivity contribution in [3.8, 4) is 11.5 Å². The van der Waals surface area contributed by atoms with Crippen LogP contribution < -0.4 is 15.2 Å². The summed E-state index contributed by atoms with van der Waals surface area (Å²) < 4.78 is 46.4. The molecule has 6 heteroatoms. The fraction of sp³-hybridized carbons (Fsp3) is 0.538. The number of benzene rings is 1. The smallest absolute Gasteiger partial charge is 0.389 e. The van der Waals surface area contributed by atoms with Gasteiger partial charge in [-0.3, -0.25) is 0 Å². The molecule has 1 aromatic rings. The van der Waals surface area contributed by atoms with Crippen molar-refractivity contribution in [2.75, 3.05) is 14.2 Å². The van der Waals surface area contributed by atoms with Crippen molar-refractivity contribution in [2.45, 2.75) is 31.5 Å². The Morgan fingerprint density at radius 2 is 1.89 bits per heavy atom. The van der Waals surface area contributed by atoms with Crippen LogP contribution in [0.4, 0.5) is 13.2 Å². The number of hydrogen-bond acceptors (Lipinski definition) is 3. The summed E-state index contributed by atoms with van der Waals surface area (Å²) in [6.07, 6.45) is -4.70. The number of alkyl halides is 3. The third-order valence-electron chi connectivity index (χ3n) is 2.82. The van der Waals surface area contributed by atoms with Crippen molar-refractivity contribution < 1.29 is 22.6 Å². The zero-order valence-corrected chi connectivity index (χ0v) is 11.0. The normalized spacial score (nSPS) is 13.2. The van der Waals surface area contributed by atoms with Gasteiger partial charge in [-0.15, -0.1) is 0 Å². The van der Waals surface area contributed by atoms with Gasteiger partial charge >= 0.3 is 6.18 Å². The molecule has 108 valence electrons. The van der Waals surface area contributed by atoms with E-state index in [0.29, 0.717) is 17.1 Å². The molecule has 0 aliphatic rings. The van der Waals surface area contributed by atoms with Gasteiger partial charge in [0.25, 0.3) is 0 Å². The molecule has 0 saturated heterocycles. The molecule has 1 rings (SSSR count). The Labute approximate surface area is 110 Å². The second kappa shape index (κ2) is 6.65. The number of rotatable bonds is 6. The largest absolute Gasteiger partial charge is 0.497 e. The molecule has 0 bridgehead atoms. The van der Waals surface area contributed by atoms with Gasteiger partial charge in [0.15, 0.2) is 0 Å². The number of methoxy groups -OCH3 is 2. The first-order chi connectivity index (χ1) is 8.87. The van der Waals surface area contributed by atoms with Gasteiger partial charge in [0.1, 0.15) is 11.5 Å². The Morgan fingerprint density at radius 1 is 1.21 bits per heavy atom. The molecule has 0 spiro atoms. The zero-order chi connectivity index (χ0) is 14.5. The summed E-state index contributed by atoms with van der Waals surface area (Å²) in [5, 5.41) is 0. The zero-order valence-electron chi connectivity index (χ0n) is 11.0. The lowest BCUT2D eigenvalue weighted by molar-refractivity contribution is -0.135. The van der Waals surface area contributed by atoms with Crippen LogP contribution in [0, 0.1) is 0 Å². The van der Waals surface area contributed by atoms with E-state index in [2.05, 4.69) is 0 Å². The number of hydrogen-bond donors (Lipinski definition) is 1. The van der Waals surface area contributed by atoms with Crippen LogP contribution in [-0.2, 0) is 0 Å². The SMILES string of the molecule is COc1ccc(C(N)CCCC(F)(F)F)c(OC)c1. The molecule has 1 aromatic carbocycles. The van der Waals surface area contributed by atoms with Crippen LogP contribution in [0.5, 0.6) is 11.5 Å². The quantitative estimate of drug-likeness (QED) is 0.866. The highest BCUT2D eigenvalue weighted by Gasteiger charge is 2.26. The minimum absolute atomic E-state index is 0.000149. The maximum absolute atomic E-state index is 12.1. The highest BCUT2D eigenvalue weighted by molar-refractivity contribution is 5.42. The lowest BCUT2D eigenvalue weighted by Gasteiger charge is -2.17. The second-order valence-electron chi connectivity index (χ2n) is 4.22. The molecule has 0 aromatic heterocycles. The van der Waals surface area contributed by atoms with Crippen LogP contribution in [0.1, 0.15) is 30.9 Å². The summed E-state index contributed by atoms with van der Waals surface area (Å²) in [4.78, 5) is 0. The Hall–Kier alpha value is -1.43. The van der Waals surface area contributed by atoms with Crippen molar-refractivity contribution >= 4 is 0 Å². The van der Waals surface area contributed by atoms with Gasteiger partial charge in [-0.2, -0.15) is 13.2 Å². The van der Waals surface area contributed by atoms with E-state index in [9.17, 15) is 13.2 Å². The lowest BCUT2D eigenvalue weighted by atomic mass is 10.0. The average molecular weight is 277 g/mol. The molecule has 1 atom stereocenters. The van der Waals surface area contributed by atoms with E-state index in [1.54, 1.807) is 18.2 Å². The van der Waals surface area contributed by atoms with E-state index in [1.807, 2.05) is 0 Å². The van der Waals surface area contributed by atoms with Crippen LogP contribution in [0.25, 0.3) is 0 Å². The van der Waals surface area contributed by atoms with Gasteiger partial charge in [0.2, 0.25) is 0 Å². The topological polar surface area (TPSA) is 44.5 Å². The molecule has 0 saturated carbocycles. The predicted octanol–water partition coefficient (Wildman–Crippen LogP) is 3.44. The molecule has 19 heavy (non-hydrogen) atoms. The summed E-state index contributed by atoms with van der Waals surface area (Å²) >= 11 is 0. The monoisotopic (exact) mass is 277 g/mol. The molecule has 0 radical (unpaired) electrons. The number of nitrogens with two attached hydrogens (primary N) is 1. The molecule has 0 aliphatic heterocycles. The van der Waals surface area contributed by atoms with Crippen molar-refractivity contribution in [1.82, 2.24) is 0 Å². The highest BCUT2D eigenvalue weighted by atomic mass is 19.4. The van der Waals surface area contributed by atoms with E-state index >= 15 is 0 Å². The summed E-state index contributed by atoms with van der Waals surface area (Å²) in [5.41, 5.74) is 6.59. The van der Waals surface area contributed by atoms with Gasteiger partial charge < -0.3 is 15.2 Å². The Morgan fingerprint density at radius 3 is 2.42 bits per heavy atom. The predicted molar refractivity (Wildman–Crippen MR) is 66.4 cm³/mol. The first kappa shape index (κ1) is 15.6. The molecule has 0 fully saturated rings. The summed E-state index contributed by atoms with van der Waals surface area (Å²) in [7, 11) is 3.01. The van der Waals surface area contributed by atoms with Crippen LogP contribution in [-0.4, -0.2) is 20.4 Å². The first-order valence-corrected chi connectivity index (χ1v) is 5.91. The van der Waals surface area contributed by atoms with Crippen molar-refractivity contribution in [1.29, 1.82) is 0 Å². The third-order valence-corrected chi connectivity index (χ3v) is 2.82. The summed E-state index contributed by atoms with van der Waals surface area (Å²) in [5.74, 6) is 1.14. The Kier molecular flexibility index (Phi) is 5.47. The van der Waals surface area contributed by atoms with Crippen molar-refractivity contribution in [3.05, 3.63) is 23.8 Å². The van der Waals surface area contributed by atoms with Gasteiger partial charge in [0, 0.05) is 24.1 Å². The fourth-order valence-electron chi connectivity index (χ4n) is 1.80. The second-order valence-corrected chi connectivity index (χ2v) is 4.22. The first-order valence-electron chi connectivity index (χ1n) is 5.91. The number of ether oxygens (including phenoxy) is 2. The summed E-state index contributed by atoms with van der Waals surface area (Å²) in [6.45, 7) is 0. The fourth-order valence-corrected chi connectivity index (χ4v) is 1.80. The molecule has 1 unspecified atom stereocenters. The third kappa shape index (κ3) is 4.98. The minimum atomic E-state index is -4.14. The average Bonchev–Trinajstić information content (AvgIpc) is 2.36. The molecule has 3 nitrogen and oxygen atoms in total. The van der Waals surface area contributed by atoms with Gasteiger partial charge in [-0.1, -0.05) is 6.07 Å².